The van der Waals surface area contributed by atoms with Crippen LogP contribution in [0.25, 0.3) is 6.08 Å². The summed E-state index contributed by atoms with van der Waals surface area (Å²) in [6.45, 7) is 1.55. The zero-order valence-electron chi connectivity index (χ0n) is 14.2. The highest BCUT2D eigenvalue weighted by atomic mass is 16.5. The number of carbonyl (C=O) groups excluding carboxylic acids is 1. The minimum absolute atomic E-state index is 0.0382. The molecule has 4 heteroatoms. The number of unbranched alkanes of at least 4 members (excludes halogenated alkanes) is 6. The van der Waals surface area contributed by atoms with Gasteiger partial charge in [-0.3, -0.25) is 4.79 Å². The second-order valence-electron chi connectivity index (χ2n) is 5.66. The Bertz CT molecular complexity index is 455. The number of nitrogens with two attached hydrogens (primary N) is 1. The average Bonchev–Trinajstić information content (AvgIpc) is 2.59. The normalized spacial score (nSPS) is 10.9. The summed E-state index contributed by atoms with van der Waals surface area (Å²) in [5.41, 5.74) is 6.45. The lowest BCUT2D eigenvalue weighted by atomic mass is 10.1. The summed E-state index contributed by atoms with van der Waals surface area (Å²) >= 11 is 0. The van der Waals surface area contributed by atoms with Crippen molar-refractivity contribution in [1.82, 2.24) is 5.32 Å². The molecule has 1 aromatic carbocycles. The lowest BCUT2D eigenvalue weighted by Crippen LogP contribution is -2.21. The van der Waals surface area contributed by atoms with Crippen LogP contribution in [0.3, 0.4) is 0 Å². The predicted octanol–water partition coefficient (Wildman–Crippen LogP) is 3.51. The van der Waals surface area contributed by atoms with Crippen molar-refractivity contribution in [2.24, 2.45) is 5.73 Å². The molecule has 128 valence electrons. The van der Waals surface area contributed by atoms with Gasteiger partial charge in [0.25, 0.3) is 0 Å². The standard InChI is InChI=1S/C19H30N2O2/c1-23-18-12-9-17(10-13-18)11-14-19(22)21-16-8-6-4-2-3-5-7-15-20/h9-14H,2-8,15-16,20H2,1H3,(H,21,22)/b14-11+. The van der Waals surface area contributed by atoms with Crippen LogP contribution >= 0.6 is 0 Å². The fourth-order valence-electron chi connectivity index (χ4n) is 2.31. The van der Waals surface area contributed by atoms with E-state index >= 15 is 0 Å². The smallest absolute Gasteiger partial charge is 0.243 e. The highest BCUT2D eigenvalue weighted by Crippen LogP contribution is 2.12. The Morgan fingerprint density at radius 3 is 2.26 bits per heavy atom. The van der Waals surface area contributed by atoms with Gasteiger partial charge in [0.05, 0.1) is 7.11 Å². The second kappa shape index (κ2) is 12.7. The Morgan fingerprint density at radius 2 is 1.65 bits per heavy atom. The molecule has 0 aliphatic rings. The van der Waals surface area contributed by atoms with Crippen LogP contribution in [0, 0.1) is 0 Å². The molecular weight excluding hydrogens is 288 g/mol. The predicted molar refractivity (Wildman–Crippen MR) is 96.4 cm³/mol. The second-order valence-corrected chi connectivity index (χ2v) is 5.66. The molecule has 0 radical (unpaired) electrons. The molecule has 0 aliphatic heterocycles. The van der Waals surface area contributed by atoms with E-state index in [4.69, 9.17) is 10.5 Å². The monoisotopic (exact) mass is 318 g/mol. The number of benzene rings is 1. The fraction of sp³-hybridized carbons (Fsp3) is 0.526. The Kier molecular flexibility index (Phi) is 10.6. The molecule has 1 rings (SSSR count). The molecule has 1 amide bonds. The highest BCUT2D eigenvalue weighted by Gasteiger charge is 1.96. The van der Waals surface area contributed by atoms with Gasteiger partial charge >= 0.3 is 0 Å². The molecule has 0 aliphatic carbocycles. The molecule has 0 unspecified atom stereocenters. The lowest BCUT2D eigenvalue weighted by molar-refractivity contribution is -0.116. The van der Waals surface area contributed by atoms with Gasteiger partial charge < -0.3 is 15.8 Å². The van der Waals surface area contributed by atoms with Crippen molar-refractivity contribution in [2.75, 3.05) is 20.2 Å². The number of rotatable bonds is 12. The van der Waals surface area contributed by atoms with Gasteiger partial charge in [-0.1, -0.05) is 44.2 Å². The van der Waals surface area contributed by atoms with E-state index in [0.717, 1.165) is 37.2 Å². The first-order valence-electron chi connectivity index (χ1n) is 8.56. The van der Waals surface area contributed by atoms with Gasteiger partial charge in [-0.05, 0) is 43.2 Å². The Balaban J connectivity index is 2.06. The van der Waals surface area contributed by atoms with Crippen LogP contribution in [0.15, 0.2) is 30.3 Å². The van der Waals surface area contributed by atoms with E-state index in [0.29, 0.717) is 0 Å². The molecule has 3 N–H and O–H groups in total. The minimum Gasteiger partial charge on any atom is -0.497 e. The molecule has 0 aromatic heterocycles. The first-order chi connectivity index (χ1) is 11.3. The number of amides is 1. The van der Waals surface area contributed by atoms with Crippen molar-refractivity contribution in [3.05, 3.63) is 35.9 Å². The first-order valence-corrected chi connectivity index (χ1v) is 8.56. The third-order valence-electron chi connectivity index (χ3n) is 3.72. The van der Waals surface area contributed by atoms with Crippen LogP contribution in [0.1, 0.15) is 50.5 Å². The molecule has 0 fully saturated rings. The van der Waals surface area contributed by atoms with Crippen molar-refractivity contribution in [3.8, 4) is 5.75 Å². The van der Waals surface area contributed by atoms with Crippen LogP contribution in [0.4, 0.5) is 0 Å². The van der Waals surface area contributed by atoms with E-state index in [-0.39, 0.29) is 5.91 Å². The molecule has 0 atom stereocenters. The third kappa shape index (κ3) is 9.74. The van der Waals surface area contributed by atoms with Gasteiger partial charge in [0.15, 0.2) is 0 Å². The van der Waals surface area contributed by atoms with Crippen molar-refractivity contribution in [2.45, 2.75) is 44.9 Å². The van der Waals surface area contributed by atoms with Crippen LogP contribution < -0.4 is 15.8 Å². The van der Waals surface area contributed by atoms with Crippen molar-refractivity contribution in [1.29, 1.82) is 0 Å². The van der Waals surface area contributed by atoms with E-state index in [1.54, 1.807) is 13.2 Å². The molecule has 1 aromatic rings. The van der Waals surface area contributed by atoms with E-state index in [9.17, 15) is 4.79 Å². The molecule has 4 nitrogen and oxygen atoms in total. The summed E-state index contributed by atoms with van der Waals surface area (Å²) < 4.78 is 5.10. The number of nitrogens with one attached hydrogen (secondary N) is 1. The van der Waals surface area contributed by atoms with Crippen molar-refractivity contribution >= 4 is 12.0 Å². The SMILES string of the molecule is COc1ccc(/C=C/C(=O)NCCCCCCCCCN)cc1. The van der Waals surface area contributed by atoms with Gasteiger partial charge in [-0.25, -0.2) is 0 Å². The molecule has 0 heterocycles. The van der Waals surface area contributed by atoms with Crippen molar-refractivity contribution < 1.29 is 9.53 Å². The molecule has 0 bridgehead atoms. The summed E-state index contributed by atoms with van der Waals surface area (Å²) in [6.07, 6.45) is 11.8. The zero-order valence-corrected chi connectivity index (χ0v) is 14.2. The maximum absolute atomic E-state index is 11.7. The average molecular weight is 318 g/mol. The van der Waals surface area contributed by atoms with Gasteiger partial charge in [-0.2, -0.15) is 0 Å². The van der Waals surface area contributed by atoms with Crippen LogP contribution in [0.2, 0.25) is 0 Å². The Hall–Kier alpha value is -1.81. The van der Waals surface area contributed by atoms with Gasteiger partial charge in [0, 0.05) is 12.6 Å². The minimum atomic E-state index is -0.0382. The zero-order chi connectivity index (χ0) is 16.8. The molecule has 0 spiro atoms. The summed E-state index contributed by atoms with van der Waals surface area (Å²) in [6, 6.07) is 7.61. The maximum atomic E-state index is 11.7. The maximum Gasteiger partial charge on any atom is 0.243 e. The third-order valence-corrected chi connectivity index (χ3v) is 3.72. The van der Waals surface area contributed by atoms with Crippen LogP contribution in [-0.2, 0) is 4.79 Å². The summed E-state index contributed by atoms with van der Waals surface area (Å²) in [4.78, 5) is 11.7. The van der Waals surface area contributed by atoms with Gasteiger partial charge in [0.1, 0.15) is 5.75 Å². The molecule has 23 heavy (non-hydrogen) atoms. The van der Waals surface area contributed by atoms with E-state index < -0.39 is 0 Å². The van der Waals surface area contributed by atoms with Crippen LogP contribution in [-0.4, -0.2) is 26.1 Å². The van der Waals surface area contributed by atoms with E-state index in [1.165, 1.54) is 32.1 Å². The number of carbonyl (C=O) groups is 1. The number of hydrogen-bond donors (Lipinski definition) is 2. The molecule has 0 saturated heterocycles. The number of hydrogen-bond acceptors (Lipinski definition) is 3. The lowest BCUT2D eigenvalue weighted by Gasteiger charge is -2.03. The first kappa shape index (κ1) is 19.2. The van der Waals surface area contributed by atoms with Gasteiger partial charge in [-0.15, -0.1) is 0 Å². The topological polar surface area (TPSA) is 64.3 Å². The summed E-state index contributed by atoms with van der Waals surface area (Å²) in [5, 5.41) is 2.92. The van der Waals surface area contributed by atoms with Gasteiger partial charge in [0.2, 0.25) is 5.91 Å². The summed E-state index contributed by atoms with van der Waals surface area (Å²) in [5.74, 6) is 0.776. The quantitative estimate of drug-likeness (QED) is 0.458. The fourth-order valence-corrected chi connectivity index (χ4v) is 2.31. The van der Waals surface area contributed by atoms with Crippen LogP contribution in [0.5, 0.6) is 5.75 Å². The number of ether oxygens (including phenoxy) is 1. The molecule has 0 saturated carbocycles. The highest BCUT2D eigenvalue weighted by molar-refractivity contribution is 5.91. The summed E-state index contributed by atoms with van der Waals surface area (Å²) in [7, 11) is 1.64. The van der Waals surface area contributed by atoms with E-state index in [2.05, 4.69) is 5.32 Å². The number of methoxy groups -OCH3 is 1. The largest absolute Gasteiger partial charge is 0.497 e. The van der Waals surface area contributed by atoms with Crippen molar-refractivity contribution in [3.63, 3.8) is 0 Å². The Labute approximate surface area is 140 Å². The molecular formula is C19H30N2O2. The van der Waals surface area contributed by atoms with E-state index in [1.807, 2.05) is 30.3 Å². The Morgan fingerprint density at radius 1 is 1.04 bits per heavy atom.